The molecule has 0 aromatic rings. The van der Waals surface area contributed by atoms with Gasteiger partial charge in [-0.25, -0.2) is 8.42 Å². The molecule has 3 heteroatoms. The highest BCUT2D eigenvalue weighted by Gasteiger charge is 2.09. The maximum Gasteiger partial charge on any atom is 0.150 e. The van der Waals surface area contributed by atoms with Gasteiger partial charge < -0.3 is 0 Å². The Morgan fingerprint density at radius 1 is 0.345 bits per heavy atom. The van der Waals surface area contributed by atoms with Crippen molar-refractivity contribution >= 4 is 9.84 Å². The first-order valence-corrected chi connectivity index (χ1v) is 15.1. The summed E-state index contributed by atoms with van der Waals surface area (Å²) in [4.78, 5) is 0. The molecule has 0 fully saturated rings. The minimum atomic E-state index is -2.79. The van der Waals surface area contributed by atoms with Gasteiger partial charge in [0.2, 0.25) is 0 Å². The lowest BCUT2D eigenvalue weighted by atomic mass is 10.0. The predicted molar refractivity (Wildman–Crippen MR) is 132 cm³/mol. The maximum atomic E-state index is 12.1. The molecule has 0 bridgehead atoms. The molecule has 0 spiro atoms. The van der Waals surface area contributed by atoms with Gasteiger partial charge in [0.05, 0.1) is 11.5 Å². The highest BCUT2D eigenvalue weighted by Crippen LogP contribution is 2.14. The molecule has 2 nitrogen and oxygen atoms in total. The quantitative estimate of drug-likeness (QED) is 0.143. The summed E-state index contributed by atoms with van der Waals surface area (Å²) in [7, 11) is -2.79. The third-order valence-corrected chi connectivity index (χ3v) is 7.94. The van der Waals surface area contributed by atoms with Crippen molar-refractivity contribution in [2.24, 2.45) is 0 Å². The van der Waals surface area contributed by atoms with E-state index in [-0.39, 0.29) is 0 Å². The molecule has 0 aliphatic rings. The van der Waals surface area contributed by atoms with Gasteiger partial charge in [-0.15, -0.1) is 0 Å². The molecule has 29 heavy (non-hydrogen) atoms. The monoisotopic (exact) mass is 430 g/mol. The Kier molecular flexibility index (Phi) is 22.6. The molecule has 0 aromatic heterocycles. The number of hydrogen-bond donors (Lipinski definition) is 0. The standard InChI is InChI=1S/C26H54O2S/c1-3-5-7-9-11-12-13-14-15-16-17-18-19-20-22-24-26-29(27,28)25-23-21-10-8-6-4-2/h3-26H2,1-2H3. The molecule has 0 aliphatic heterocycles. The van der Waals surface area contributed by atoms with Crippen LogP contribution >= 0.6 is 0 Å². The fraction of sp³-hybridized carbons (Fsp3) is 1.00. The average Bonchev–Trinajstić information content (AvgIpc) is 2.70. The zero-order valence-electron chi connectivity index (χ0n) is 20.2. The third kappa shape index (κ3) is 24.1. The van der Waals surface area contributed by atoms with E-state index in [0.717, 1.165) is 25.7 Å². The van der Waals surface area contributed by atoms with Crippen molar-refractivity contribution < 1.29 is 8.42 Å². The largest absolute Gasteiger partial charge is 0.229 e. The molecular formula is C26H54O2S. The van der Waals surface area contributed by atoms with Gasteiger partial charge in [-0.1, -0.05) is 142 Å². The molecule has 0 N–H and O–H groups in total. The smallest absolute Gasteiger partial charge is 0.150 e. The van der Waals surface area contributed by atoms with Crippen molar-refractivity contribution in [3.63, 3.8) is 0 Å². The van der Waals surface area contributed by atoms with E-state index in [1.807, 2.05) is 0 Å². The summed E-state index contributed by atoms with van der Waals surface area (Å²) >= 11 is 0. The summed E-state index contributed by atoms with van der Waals surface area (Å²) in [6.07, 6.45) is 28.3. The zero-order chi connectivity index (χ0) is 21.5. The van der Waals surface area contributed by atoms with E-state index in [0.29, 0.717) is 11.5 Å². The Bertz CT molecular complexity index is 403. The van der Waals surface area contributed by atoms with E-state index >= 15 is 0 Å². The minimum absolute atomic E-state index is 0.415. The number of hydrogen-bond acceptors (Lipinski definition) is 2. The first-order chi connectivity index (χ1) is 14.1. The van der Waals surface area contributed by atoms with Crippen LogP contribution in [0.3, 0.4) is 0 Å². The SMILES string of the molecule is CCCCCCCCCCCCCCCCCCS(=O)(=O)CCCCCCCC. The van der Waals surface area contributed by atoms with Gasteiger partial charge >= 0.3 is 0 Å². The van der Waals surface area contributed by atoms with Crippen LogP contribution in [-0.2, 0) is 9.84 Å². The van der Waals surface area contributed by atoms with E-state index < -0.39 is 9.84 Å². The van der Waals surface area contributed by atoms with E-state index in [1.165, 1.54) is 116 Å². The van der Waals surface area contributed by atoms with Gasteiger partial charge in [0.1, 0.15) is 9.84 Å². The Morgan fingerprint density at radius 3 is 0.793 bits per heavy atom. The third-order valence-electron chi connectivity index (χ3n) is 6.12. The van der Waals surface area contributed by atoms with Gasteiger partial charge in [-0.3, -0.25) is 0 Å². The number of unbranched alkanes of at least 4 members (excludes halogenated alkanes) is 20. The number of sulfone groups is 1. The lowest BCUT2D eigenvalue weighted by molar-refractivity contribution is 0.530. The molecule has 0 saturated carbocycles. The van der Waals surface area contributed by atoms with Crippen LogP contribution < -0.4 is 0 Å². The van der Waals surface area contributed by atoms with Crippen LogP contribution in [0.2, 0.25) is 0 Å². The van der Waals surface area contributed by atoms with Crippen molar-refractivity contribution in [2.75, 3.05) is 11.5 Å². The second-order valence-electron chi connectivity index (χ2n) is 9.22. The molecule has 176 valence electrons. The van der Waals surface area contributed by atoms with Crippen molar-refractivity contribution in [3.05, 3.63) is 0 Å². The summed E-state index contributed by atoms with van der Waals surface area (Å²) < 4.78 is 24.1. The van der Waals surface area contributed by atoms with Crippen molar-refractivity contribution in [1.82, 2.24) is 0 Å². The molecule has 0 aromatic carbocycles. The molecule has 0 amide bonds. The van der Waals surface area contributed by atoms with Crippen molar-refractivity contribution in [1.29, 1.82) is 0 Å². The number of rotatable bonds is 24. The van der Waals surface area contributed by atoms with E-state index in [4.69, 9.17) is 0 Å². The Balaban J connectivity index is 3.25. The molecular weight excluding hydrogens is 376 g/mol. The highest BCUT2D eigenvalue weighted by molar-refractivity contribution is 7.91. The van der Waals surface area contributed by atoms with E-state index in [1.54, 1.807) is 0 Å². The van der Waals surface area contributed by atoms with Crippen LogP contribution in [0.1, 0.15) is 155 Å². The lowest BCUT2D eigenvalue weighted by Crippen LogP contribution is -2.11. The molecule has 0 radical (unpaired) electrons. The fourth-order valence-corrected chi connectivity index (χ4v) is 5.57. The van der Waals surface area contributed by atoms with Crippen LogP contribution in [0, 0.1) is 0 Å². The molecule has 0 rings (SSSR count). The summed E-state index contributed by atoms with van der Waals surface area (Å²) in [6, 6.07) is 0. The van der Waals surface area contributed by atoms with Gasteiger partial charge in [0.25, 0.3) is 0 Å². The normalized spacial score (nSPS) is 11.9. The van der Waals surface area contributed by atoms with Crippen molar-refractivity contribution in [3.8, 4) is 0 Å². The van der Waals surface area contributed by atoms with Crippen LogP contribution in [-0.4, -0.2) is 19.9 Å². The molecule has 0 atom stereocenters. The van der Waals surface area contributed by atoms with Crippen LogP contribution in [0.5, 0.6) is 0 Å². The van der Waals surface area contributed by atoms with Gasteiger partial charge in [-0.05, 0) is 12.8 Å². The molecule has 0 unspecified atom stereocenters. The average molecular weight is 431 g/mol. The second-order valence-corrected chi connectivity index (χ2v) is 11.5. The Labute approximate surface area is 184 Å². The van der Waals surface area contributed by atoms with Crippen LogP contribution in [0.15, 0.2) is 0 Å². The van der Waals surface area contributed by atoms with Gasteiger partial charge in [0, 0.05) is 0 Å². The van der Waals surface area contributed by atoms with Crippen molar-refractivity contribution in [2.45, 2.75) is 155 Å². The fourth-order valence-electron chi connectivity index (χ4n) is 4.07. The summed E-state index contributed by atoms with van der Waals surface area (Å²) in [5.41, 5.74) is 0. The molecule has 0 saturated heterocycles. The van der Waals surface area contributed by atoms with E-state index in [2.05, 4.69) is 13.8 Å². The predicted octanol–water partition coefficient (Wildman–Crippen LogP) is 9.02. The molecule has 0 heterocycles. The van der Waals surface area contributed by atoms with E-state index in [9.17, 15) is 8.42 Å². The first kappa shape index (κ1) is 28.9. The maximum absolute atomic E-state index is 12.1. The minimum Gasteiger partial charge on any atom is -0.229 e. The van der Waals surface area contributed by atoms with Crippen LogP contribution in [0.25, 0.3) is 0 Å². The molecule has 0 aliphatic carbocycles. The summed E-state index contributed by atoms with van der Waals surface area (Å²) in [5, 5.41) is 0. The summed E-state index contributed by atoms with van der Waals surface area (Å²) in [5.74, 6) is 0.832. The van der Waals surface area contributed by atoms with Crippen LogP contribution in [0.4, 0.5) is 0 Å². The summed E-state index contributed by atoms with van der Waals surface area (Å²) in [6.45, 7) is 4.49. The highest BCUT2D eigenvalue weighted by atomic mass is 32.2. The van der Waals surface area contributed by atoms with Gasteiger partial charge in [-0.2, -0.15) is 0 Å². The Hall–Kier alpha value is -0.0500. The first-order valence-electron chi connectivity index (χ1n) is 13.3. The Morgan fingerprint density at radius 2 is 0.552 bits per heavy atom. The lowest BCUT2D eigenvalue weighted by Gasteiger charge is -2.05. The second kappa shape index (κ2) is 22.6. The topological polar surface area (TPSA) is 34.1 Å². The van der Waals surface area contributed by atoms with Gasteiger partial charge in [0.15, 0.2) is 0 Å². The zero-order valence-corrected chi connectivity index (χ0v) is 21.0.